The van der Waals surface area contributed by atoms with Gasteiger partial charge in [-0.05, 0) is 70.5 Å². The van der Waals surface area contributed by atoms with Gasteiger partial charge >= 0.3 is 0 Å². The van der Waals surface area contributed by atoms with Crippen LogP contribution in [0.3, 0.4) is 0 Å². The van der Waals surface area contributed by atoms with Gasteiger partial charge in [0.05, 0.1) is 0 Å². The molecule has 0 nitrogen and oxygen atoms in total. The molecule has 6 bridgehead atoms. The van der Waals surface area contributed by atoms with E-state index in [9.17, 15) is 0 Å². The van der Waals surface area contributed by atoms with Gasteiger partial charge in [0.25, 0.3) is 0 Å². The van der Waals surface area contributed by atoms with Crippen LogP contribution in [0.4, 0.5) is 0 Å². The molecule has 94 valence electrons. The summed E-state index contributed by atoms with van der Waals surface area (Å²) in [6.07, 6.45) is 4.71. The largest absolute Gasteiger partial charge is 0.0617 e. The molecule has 0 aromatic rings. The molecule has 6 saturated carbocycles. The molecular weight excluding hydrogens is 204 g/mol. The van der Waals surface area contributed by atoms with Gasteiger partial charge in [-0.15, -0.1) is 0 Å². The van der Waals surface area contributed by atoms with Crippen molar-refractivity contribution < 1.29 is 0 Å². The Balaban J connectivity index is 1.84. The zero-order valence-electron chi connectivity index (χ0n) is 12.0. The molecule has 0 radical (unpaired) electrons. The lowest BCUT2D eigenvalue weighted by molar-refractivity contribution is -0.365. The van der Waals surface area contributed by atoms with Crippen LogP contribution in [-0.4, -0.2) is 0 Å². The van der Waals surface area contributed by atoms with E-state index in [2.05, 4.69) is 34.6 Å². The molecule has 0 aromatic carbocycles. The molecule has 0 aromatic heterocycles. The van der Waals surface area contributed by atoms with E-state index in [1.165, 1.54) is 0 Å². The van der Waals surface area contributed by atoms with Crippen LogP contribution >= 0.6 is 0 Å². The van der Waals surface area contributed by atoms with Gasteiger partial charge in [0, 0.05) is 0 Å². The van der Waals surface area contributed by atoms with Crippen molar-refractivity contribution in [2.24, 2.45) is 51.2 Å². The van der Waals surface area contributed by atoms with Gasteiger partial charge in [-0.2, -0.15) is 0 Å². The Labute approximate surface area is 106 Å². The lowest BCUT2D eigenvalue weighted by Gasteiger charge is -2.83. The lowest BCUT2D eigenvalue weighted by Crippen LogP contribution is -2.79. The second-order valence-corrected chi connectivity index (χ2v) is 9.31. The van der Waals surface area contributed by atoms with Crippen molar-refractivity contribution in [3.8, 4) is 0 Å². The molecule has 6 aliphatic rings. The normalized spacial score (nSPS) is 82.1. The molecule has 0 amide bonds. The molecule has 6 aliphatic carbocycles. The maximum absolute atomic E-state index is 2.68. The first-order valence-corrected chi connectivity index (χ1v) is 7.81. The van der Waals surface area contributed by atoms with Crippen molar-refractivity contribution in [3.63, 3.8) is 0 Å². The van der Waals surface area contributed by atoms with Crippen molar-refractivity contribution in [1.29, 1.82) is 0 Å². The van der Waals surface area contributed by atoms with Crippen molar-refractivity contribution in [1.82, 2.24) is 0 Å². The van der Waals surface area contributed by atoms with E-state index < -0.39 is 0 Å². The Morgan fingerprint density at radius 3 is 2.35 bits per heavy atom. The number of hydrogen-bond acceptors (Lipinski definition) is 0. The van der Waals surface area contributed by atoms with Gasteiger partial charge in [0.1, 0.15) is 0 Å². The van der Waals surface area contributed by atoms with Gasteiger partial charge in [-0.3, -0.25) is 0 Å². The molecule has 6 fully saturated rings. The summed E-state index contributed by atoms with van der Waals surface area (Å²) in [5.41, 5.74) is 2.82. The van der Waals surface area contributed by atoms with Gasteiger partial charge in [-0.25, -0.2) is 0 Å². The topological polar surface area (TPSA) is 0 Å². The molecule has 0 spiro atoms. The SMILES string of the molecule is CC1C2CC3C4C5CC2(C)CC5(C)C4(C)C13C. The molecule has 0 N–H and O–H groups in total. The minimum atomic E-state index is 0.700. The first-order chi connectivity index (χ1) is 7.81. The van der Waals surface area contributed by atoms with Crippen molar-refractivity contribution in [2.45, 2.75) is 53.9 Å². The molecule has 6 rings (SSSR count). The van der Waals surface area contributed by atoms with Gasteiger partial charge in [-0.1, -0.05) is 34.6 Å². The summed E-state index contributed by atoms with van der Waals surface area (Å²) in [6.45, 7) is 13.3. The standard InChI is InChI=1S/C17H26/c1-9-10-6-11-13-12-7-14(10,2)8-15(12,3)17(13,5)16(9,11)4/h9-13H,6-8H2,1-5H3. The lowest BCUT2D eigenvalue weighted by atomic mass is 9.21. The van der Waals surface area contributed by atoms with E-state index in [1.54, 1.807) is 19.3 Å². The molecule has 17 heavy (non-hydrogen) atoms. The molecule has 9 atom stereocenters. The third kappa shape index (κ3) is 0.558. The fraction of sp³-hybridized carbons (Fsp3) is 1.00. The highest BCUT2D eigenvalue weighted by molar-refractivity contribution is 5.38. The Morgan fingerprint density at radius 1 is 0.941 bits per heavy atom. The minimum Gasteiger partial charge on any atom is -0.0617 e. The van der Waals surface area contributed by atoms with Crippen LogP contribution in [0.15, 0.2) is 0 Å². The summed E-state index contributed by atoms with van der Waals surface area (Å²) in [4.78, 5) is 0. The quantitative estimate of drug-likeness (QED) is 0.580. The maximum Gasteiger partial charge on any atom is -0.0176 e. The highest BCUT2D eigenvalue weighted by atomic mass is 14.9. The van der Waals surface area contributed by atoms with Gasteiger partial charge < -0.3 is 0 Å². The molecule has 0 heteroatoms. The zero-order chi connectivity index (χ0) is 12.0. The highest BCUT2D eigenvalue weighted by Gasteiger charge is 2.91. The molecule has 9 unspecified atom stereocenters. The predicted molar refractivity (Wildman–Crippen MR) is 69.4 cm³/mol. The zero-order valence-corrected chi connectivity index (χ0v) is 12.0. The van der Waals surface area contributed by atoms with Crippen LogP contribution in [0.5, 0.6) is 0 Å². The fourth-order valence-electron chi connectivity index (χ4n) is 9.14. The van der Waals surface area contributed by atoms with E-state index >= 15 is 0 Å². The summed E-state index contributed by atoms with van der Waals surface area (Å²) in [5, 5.41) is 0. The van der Waals surface area contributed by atoms with Crippen LogP contribution in [0.1, 0.15) is 53.9 Å². The van der Waals surface area contributed by atoms with Crippen molar-refractivity contribution in [2.75, 3.05) is 0 Å². The Kier molecular flexibility index (Phi) is 1.18. The van der Waals surface area contributed by atoms with Crippen LogP contribution in [0.25, 0.3) is 0 Å². The average Bonchev–Trinajstić information content (AvgIpc) is 2.59. The van der Waals surface area contributed by atoms with Crippen molar-refractivity contribution >= 4 is 0 Å². The van der Waals surface area contributed by atoms with Crippen LogP contribution in [-0.2, 0) is 0 Å². The average molecular weight is 230 g/mol. The van der Waals surface area contributed by atoms with E-state index in [0.29, 0.717) is 21.7 Å². The summed E-state index contributed by atoms with van der Waals surface area (Å²) in [7, 11) is 0. The molecule has 0 saturated heterocycles. The van der Waals surface area contributed by atoms with Crippen LogP contribution in [0.2, 0.25) is 0 Å². The summed E-state index contributed by atoms with van der Waals surface area (Å²) in [6, 6.07) is 0. The highest BCUT2D eigenvalue weighted by Crippen LogP contribution is 2.96. The molecular formula is C17H26. The second-order valence-electron chi connectivity index (χ2n) is 9.31. The van der Waals surface area contributed by atoms with Crippen LogP contribution in [0, 0.1) is 51.2 Å². The van der Waals surface area contributed by atoms with E-state index in [0.717, 1.165) is 29.6 Å². The Bertz CT molecular complexity index is 453. The maximum atomic E-state index is 2.68. The second kappa shape index (κ2) is 2.04. The number of hydrogen-bond donors (Lipinski definition) is 0. The number of rotatable bonds is 0. The van der Waals surface area contributed by atoms with E-state index in [1.807, 2.05) is 0 Å². The Hall–Kier alpha value is 0. The van der Waals surface area contributed by atoms with E-state index in [4.69, 9.17) is 0 Å². The van der Waals surface area contributed by atoms with E-state index in [-0.39, 0.29) is 0 Å². The predicted octanol–water partition coefficient (Wildman–Crippen LogP) is 4.35. The molecule has 0 aliphatic heterocycles. The third-order valence-corrected chi connectivity index (χ3v) is 9.84. The first-order valence-electron chi connectivity index (χ1n) is 7.81. The third-order valence-electron chi connectivity index (χ3n) is 9.84. The van der Waals surface area contributed by atoms with Crippen molar-refractivity contribution in [3.05, 3.63) is 0 Å². The molecule has 0 heterocycles. The summed E-state index contributed by atoms with van der Waals surface area (Å²) in [5.74, 6) is 5.37. The summed E-state index contributed by atoms with van der Waals surface area (Å²) < 4.78 is 0. The van der Waals surface area contributed by atoms with Gasteiger partial charge in [0.2, 0.25) is 0 Å². The minimum absolute atomic E-state index is 0.700. The summed E-state index contributed by atoms with van der Waals surface area (Å²) >= 11 is 0. The smallest absolute Gasteiger partial charge is 0.0176 e. The monoisotopic (exact) mass is 230 g/mol. The Morgan fingerprint density at radius 2 is 1.65 bits per heavy atom. The van der Waals surface area contributed by atoms with Crippen LogP contribution < -0.4 is 0 Å². The first kappa shape index (κ1) is 9.87. The fourth-order valence-corrected chi connectivity index (χ4v) is 9.14. The van der Waals surface area contributed by atoms with Gasteiger partial charge in [0.15, 0.2) is 0 Å².